The molecule has 0 atom stereocenters. The van der Waals surface area contributed by atoms with Crippen LogP contribution in [-0.4, -0.2) is 25.7 Å². The van der Waals surface area contributed by atoms with Crippen LogP contribution >= 0.6 is 0 Å². The third kappa shape index (κ3) is 2.41. The minimum absolute atomic E-state index is 0.0178. The number of rotatable bonds is 3. The molecule has 3 rings (SSSR count). The standard InChI is InChI=1S/C16H13N3O2/c1-11(20)13-7-8-15(17-9-13)19-16(21)14(10-18-19)12-5-3-2-4-6-12/h2-10,21H,1H3. The van der Waals surface area contributed by atoms with Crippen molar-refractivity contribution in [3.8, 4) is 22.8 Å². The van der Waals surface area contributed by atoms with Gasteiger partial charge in [-0.05, 0) is 24.6 Å². The summed E-state index contributed by atoms with van der Waals surface area (Å²) < 4.78 is 1.34. The number of carbonyl (C=O) groups is 1. The van der Waals surface area contributed by atoms with Crippen LogP contribution < -0.4 is 0 Å². The molecule has 0 aliphatic carbocycles. The Bertz CT molecular complexity index is 777. The van der Waals surface area contributed by atoms with Crippen LogP contribution in [0.25, 0.3) is 16.9 Å². The van der Waals surface area contributed by atoms with Crippen LogP contribution in [-0.2, 0) is 0 Å². The van der Waals surface area contributed by atoms with Crippen molar-refractivity contribution in [3.63, 3.8) is 0 Å². The molecule has 0 unspecified atom stereocenters. The molecule has 1 aromatic carbocycles. The third-order valence-electron chi connectivity index (χ3n) is 3.20. The fourth-order valence-electron chi connectivity index (χ4n) is 2.05. The number of Topliss-reactive ketones (excluding diaryl/α,β-unsaturated/α-hetero) is 1. The lowest BCUT2D eigenvalue weighted by atomic mass is 10.1. The summed E-state index contributed by atoms with van der Waals surface area (Å²) >= 11 is 0. The third-order valence-corrected chi connectivity index (χ3v) is 3.20. The molecule has 0 amide bonds. The van der Waals surface area contributed by atoms with Crippen LogP contribution in [0.1, 0.15) is 17.3 Å². The Kier molecular flexibility index (Phi) is 3.23. The topological polar surface area (TPSA) is 68.0 Å². The van der Waals surface area contributed by atoms with E-state index in [-0.39, 0.29) is 11.7 Å². The van der Waals surface area contributed by atoms with Gasteiger partial charge in [0, 0.05) is 11.8 Å². The number of pyridine rings is 1. The summed E-state index contributed by atoms with van der Waals surface area (Å²) in [6, 6.07) is 12.8. The molecule has 2 aromatic heterocycles. The highest BCUT2D eigenvalue weighted by molar-refractivity contribution is 5.93. The van der Waals surface area contributed by atoms with Crippen molar-refractivity contribution in [2.45, 2.75) is 6.92 Å². The van der Waals surface area contributed by atoms with Gasteiger partial charge in [0.2, 0.25) is 5.88 Å². The Morgan fingerprint density at radius 2 is 1.86 bits per heavy atom. The van der Waals surface area contributed by atoms with Crippen molar-refractivity contribution in [2.75, 3.05) is 0 Å². The van der Waals surface area contributed by atoms with Crippen LogP contribution in [0.5, 0.6) is 5.88 Å². The molecular weight excluding hydrogens is 266 g/mol. The number of hydrogen-bond acceptors (Lipinski definition) is 4. The van der Waals surface area contributed by atoms with Gasteiger partial charge in [0.25, 0.3) is 0 Å². The molecule has 3 aromatic rings. The van der Waals surface area contributed by atoms with E-state index in [9.17, 15) is 9.90 Å². The maximum Gasteiger partial charge on any atom is 0.223 e. The van der Waals surface area contributed by atoms with Crippen LogP contribution in [0, 0.1) is 0 Å². The van der Waals surface area contributed by atoms with E-state index in [0.717, 1.165) is 5.56 Å². The molecule has 0 bridgehead atoms. The number of carbonyl (C=O) groups excluding carboxylic acids is 1. The number of aromatic hydroxyl groups is 1. The molecule has 2 heterocycles. The second kappa shape index (κ2) is 5.20. The second-order valence-electron chi connectivity index (χ2n) is 4.62. The Morgan fingerprint density at radius 1 is 1.10 bits per heavy atom. The second-order valence-corrected chi connectivity index (χ2v) is 4.62. The monoisotopic (exact) mass is 279 g/mol. The molecule has 104 valence electrons. The van der Waals surface area contributed by atoms with Crippen molar-refractivity contribution >= 4 is 5.78 Å². The van der Waals surface area contributed by atoms with Gasteiger partial charge >= 0.3 is 0 Å². The highest BCUT2D eigenvalue weighted by Gasteiger charge is 2.13. The van der Waals surface area contributed by atoms with E-state index in [1.165, 1.54) is 17.8 Å². The molecule has 5 heteroatoms. The molecule has 21 heavy (non-hydrogen) atoms. The lowest BCUT2D eigenvalue weighted by Crippen LogP contribution is -2.01. The molecule has 0 aliphatic rings. The summed E-state index contributed by atoms with van der Waals surface area (Å²) in [5.41, 5.74) is 2.03. The van der Waals surface area contributed by atoms with E-state index in [0.29, 0.717) is 16.9 Å². The summed E-state index contributed by atoms with van der Waals surface area (Å²) in [5, 5.41) is 14.5. The van der Waals surface area contributed by atoms with Gasteiger partial charge in [-0.3, -0.25) is 4.79 Å². The molecule has 0 aliphatic heterocycles. The fourth-order valence-corrected chi connectivity index (χ4v) is 2.05. The lowest BCUT2D eigenvalue weighted by molar-refractivity contribution is 0.101. The summed E-state index contributed by atoms with van der Waals surface area (Å²) in [5.74, 6) is 0.424. The van der Waals surface area contributed by atoms with Crippen molar-refractivity contribution in [2.24, 2.45) is 0 Å². The summed E-state index contributed by atoms with van der Waals surface area (Å²) in [4.78, 5) is 15.4. The van der Waals surface area contributed by atoms with Gasteiger partial charge in [-0.15, -0.1) is 0 Å². The zero-order valence-electron chi connectivity index (χ0n) is 11.4. The van der Waals surface area contributed by atoms with E-state index < -0.39 is 0 Å². The SMILES string of the molecule is CC(=O)c1ccc(-n2ncc(-c3ccccc3)c2O)nc1. The zero-order chi connectivity index (χ0) is 14.8. The number of benzene rings is 1. The smallest absolute Gasteiger partial charge is 0.223 e. The molecule has 5 nitrogen and oxygen atoms in total. The highest BCUT2D eigenvalue weighted by atomic mass is 16.3. The minimum atomic E-state index is -0.0521. The number of nitrogens with zero attached hydrogens (tertiary/aromatic N) is 3. The van der Waals surface area contributed by atoms with Gasteiger partial charge in [-0.2, -0.15) is 9.78 Å². The Hall–Kier alpha value is -2.95. The van der Waals surface area contributed by atoms with Gasteiger partial charge in [-0.25, -0.2) is 4.98 Å². The van der Waals surface area contributed by atoms with Crippen LogP contribution in [0.3, 0.4) is 0 Å². The zero-order valence-corrected chi connectivity index (χ0v) is 11.4. The van der Waals surface area contributed by atoms with Crippen LogP contribution in [0.15, 0.2) is 54.9 Å². The first-order chi connectivity index (χ1) is 10.2. The van der Waals surface area contributed by atoms with Crippen molar-refractivity contribution in [1.82, 2.24) is 14.8 Å². The summed E-state index contributed by atoms with van der Waals surface area (Å²) in [7, 11) is 0. The minimum Gasteiger partial charge on any atom is -0.493 e. The highest BCUT2D eigenvalue weighted by Crippen LogP contribution is 2.30. The van der Waals surface area contributed by atoms with E-state index in [1.54, 1.807) is 18.3 Å². The predicted octanol–water partition coefficient (Wildman–Crippen LogP) is 2.84. The van der Waals surface area contributed by atoms with E-state index in [4.69, 9.17) is 0 Å². The van der Waals surface area contributed by atoms with Crippen molar-refractivity contribution in [3.05, 3.63) is 60.4 Å². The summed E-state index contributed by atoms with van der Waals surface area (Å²) in [6.45, 7) is 1.48. The summed E-state index contributed by atoms with van der Waals surface area (Å²) in [6.07, 6.45) is 3.06. The molecule has 0 fully saturated rings. The largest absolute Gasteiger partial charge is 0.493 e. The van der Waals surface area contributed by atoms with Gasteiger partial charge in [-0.1, -0.05) is 30.3 Å². The molecular formula is C16H13N3O2. The molecule has 0 saturated carbocycles. The average molecular weight is 279 g/mol. The first-order valence-electron chi connectivity index (χ1n) is 6.46. The Balaban J connectivity index is 2.01. The molecule has 1 N–H and O–H groups in total. The first-order valence-corrected chi connectivity index (χ1v) is 6.46. The number of hydrogen-bond donors (Lipinski definition) is 1. The fraction of sp³-hybridized carbons (Fsp3) is 0.0625. The Labute approximate surface area is 121 Å². The first kappa shape index (κ1) is 13.1. The molecule has 0 radical (unpaired) electrons. The maximum absolute atomic E-state index is 11.2. The van der Waals surface area contributed by atoms with Gasteiger partial charge in [0.15, 0.2) is 11.6 Å². The van der Waals surface area contributed by atoms with E-state index in [1.807, 2.05) is 30.3 Å². The molecule has 0 spiro atoms. The normalized spacial score (nSPS) is 10.5. The van der Waals surface area contributed by atoms with Gasteiger partial charge in [0.1, 0.15) is 0 Å². The van der Waals surface area contributed by atoms with Crippen LogP contribution in [0.4, 0.5) is 0 Å². The molecule has 0 saturated heterocycles. The van der Waals surface area contributed by atoms with Gasteiger partial charge < -0.3 is 5.11 Å². The number of aromatic nitrogens is 3. The lowest BCUT2D eigenvalue weighted by Gasteiger charge is -2.04. The predicted molar refractivity (Wildman–Crippen MR) is 78.5 cm³/mol. The van der Waals surface area contributed by atoms with Crippen molar-refractivity contribution < 1.29 is 9.90 Å². The quantitative estimate of drug-likeness (QED) is 0.748. The van der Waals surface area contributed by atoms with Gasteiger partial charge in [0.05, 0.1) is 11.8 Å². The maximum atomic E-state index is 11.2. The van der Waals surface area contributed by atoms with Crippen LogP contribution in [0.2, 0.25) is 0 Å². The number of ketones is 1. The Morgan fingerprint density at radius 3 is 2.48 bits per heavy atom. The van der Waals surface area contributed by atoms with Crippen molar-refractivity contribution in [1.29, 1.82) is 0 Å². The van der Waals surface area contributed by atoms with E-state index in [2.05, 4.69) is 10.1 Å². The van der Waals surface area contributed by atoms with E-state index >= 15 is 0 Å². The average Bonchev–Trinajstić information content (AvgIpc) is 2.90.